The first-order valence-corrected chi connectivity index (χ1v) is 7.92. The standard InChI is InChI=1S/C12H19N3S2/c1-12(2,3)17-7-10-14-9-6-16-5-8(9)11(13-4)15-10/h5-7H2,1-4H3,(H,13,14,15). The van der Waals surface area contributed by atoms with Crippen LogP contribution in [0.3, 0.4) is 0 Å². The van der Waals surface area contributed by atoms with Gasteiger partial charge in [0, 0.05) is 28.9 Å². The van der Waals surface area contributed by atoms with Gasteiger partial charge in [0.2, 0.25) is 0 Å². The van der Waals surface area contributed by atoms with E-state index in [0.29, 0.717) is 0 Å². The van der Waals surface area contributed by atoms with Crippen LogP contribution in [0.1, 0.15) is 37.9 Å². The van der Waals surface area contributed by atoms with E-state index in [1.165, 1.54) is 11.3 Å². The van der Waals surface area contributed by atoms with Gasteiger partial charge in [-0.05, 0) is 0 Å². The minimum Gasteiger partial charge on any atom is -0.373 e. The van der Waals surface area contributed by atoms with E-state index >= 15 is 0 Å². The lowest BCUT2D eigenvalue weighted by atomic mass is 10.2. The zero-order chi connectivity index (χ0) is 12.5. The second-order valence-electron chi connectivity index (χ2n) is 5.06. The van der Waals surface area contributed by atoms with E-state index in [4.69, 9.17) is 0 Å². The number of aromatic nitrogens is 2. The second-order valence-corrected chi connectivity index (χ2v) is 7.85. The maximum Gasteiger partial charge on any atom is 0.140 e. The summed E-state index contributed by atoms with van der Waals surface area (Å²) in [5.41, 5.74) is 2.51. The van der Waals surface area contributed by atoms with Gasteiger partial charge in [-0.2, -0.15) is 11.8 Å². The molecule has 1 aromatic rings. The molecule has 0 aliphatic carbocycles. The van der Waals surface area contributed by atoms with Crippen LogP contribution in [0.25, 0.3) is 0 Å². The minimum absolute atomic E-state index is 0.261. The van der Waals surface area contributed by atoms with Crippen LogP contribution in [0.4, 0.5) is 5.82 Å². The van der Waals surface area contributed by atoms with Gasteiger partial charge in [0.15, 0.2) is 0 Å². The van der Waals surface area contributed by atoms with Crippen molar-refractivity contribution in [1.29, 1.82) is 0 Å². The Kier molecular flexibility index (Phi) is 3.88. The summed E-state index contributed by atoms with van der Waals surface area (Å²) >= 11 is 3.81. The Morgan fingerprint density at radius 1 is 1.29 bits per heavy atom. The number of fused-ring (bicyclic) bond motifs is 1. The maximum absolute atomic E-state index is 4.67. The van der Waals surface area contributed by atoms with E-state index in [1.54, 1.807) is 0 Å². The summed E-state index contributed by atoms with van der Waals surface area (Å²) in [5.74, 6) is 4.92. The highest BCUT2D eigenvalue weighted by molar-refractivity contribution is 7.99. The number of nitrogens with one attached hydrogen (secondary N) is 1. The summed E-state index contributed by atoms with van der Waals surface area (Å²) in [6.07, 6.45) is 0. The molecule has 1 N–H and O–H groups in total. The Hall–Kier alpha value is -0.420. The first-order chi connectivity index (χ1) is 7.99. The fraction of sp³-hybridized carbons (Fsp3) is 0.667. The van der Waals surface area contributed by atoms with Crippen LogP contribution in [0.5, 0.6) is 0 Å². The van der Waals surface area contributed by atoms with E-state index in [1.807, 2.05) is 30.6 Å². The van der Waals surface area contributed by atoms with Crippen molar-refractivity contribution in [3.8, 4) is 0 Å². The topological polar surface area (TPSA) is 37.8 Å². The van der Waals surface area contributed by atoms with Crippen molar-refractivity contribution in [2.24, 2.45) is 0 Å². The number of thioether (sulfide) groups is 2. The monoisotopic (exact) mass is 269 g/mol. The molecular formula is C12H19N3S2. The molecule has 0 saturated carbocycles. The van der Waals surface area contributed by atoms with Gasteiger partial charge in [0.1, 0.15) is 11.6 Å². The Morgan fingerprint density at radius 2 is 2.06 bits per heavy atom. The quantitative estimate of drug-likeness (QED) is 0.911. The molecule has 2 rings (SSSR count). The number of hydrogen-bond donors (Lipinski definition) is 1. The molecule has 94 valence electrons. The van der Waals surface area contributed by atoms with Crippen molar-refractivity contribution in [1.82, 2.24) is 9.97 Å². The Bertz CT molecular complexity index is 413. The highest BCUT2D eigenvalue weighted by atomic mass is 32.2. The van der Waals surface area contributed by atoms with Crippen LogP contribution in [-0.4, -0.2) is 21.8 Å². The molecule has 5 heteroatoms. The van der Waals surface area contributed by atoms with E-state index in [9.17, 15) is 0 Å². The van der Waals surface area contributed by atoms with Gasteiger partial charge in [0.05, 0.1) is 11.4 Å². The van der Waals surface area contributed by atoms with Crippen molar-refractivity contribution in [3.63, 3.8) is 0 Å². The molecule has 1 aliphatic rings. The van der Waals surface area contributed by atoms with Crippen molar-refractivity contribution in [2.75, 3.05) is 12.4 Å². The fourth-order valence-electron chi connectivity index (χ4n) is 1.65. The van der Waals surface area contributed by atoms with Crippen LogP contribution in [-0.2, 0) is 17.3 Å². The van der Waals surface area contributed by atoms with Crippen LogP contribution in [0.15, 0.2) is 0 Å². The van der Waals surface area contributed by atoms with Crippen molar-refractivity contribution < 1.29 is 0 Å². The smallest absolute Gasteiger partial charge is 0.140 e. The maximum atomic E-state index is 4.67. The number of rotatable bonds is 3. The molecule has 17 heavy (non-hydrogen) atoms. The molecule has 0 amide bonds. The van der Waals surface area contributed by atoms with Gasteiger partial charge < -0.3 is 5.32 Å². The largest absolute Gasteiger partial charge is 0.373 e. The molecule has 0 spiro atoms. The van der Waals surface area contributed by atoms with Gasteiger partial charge in [0.25, 0.3) is 0 Å². The molecule has 0 atom stereocenters. The zero-order valence-electron chi connectivity index (χ0n) is 10.8. The third kappa shape index (κ3) is 3.28. The first-order valence-electron chi connectivity index (χ1n) is 5.78. The Balaban J connectivity index is 2.19. The second kappa shape index (κ2) is 5.06. The molecule has 3 nitrogen and oxygen atoms in total. The third-order valence-electron chi connectivity index (χ3n) is 2.50. The molecule has 0 saturated heterocycles. The molecule has 0 fully saturated rings. The normalized spacial score (nSPS) is 14.8. The summed E-state index contributed by atoms with van der Waals surface area (Å²) in [7, 11) is 1.94. The van der Waals surface area contributed by atoms with Crippen LogP contribution < -0.4 is 5.32 Å². The average Bonchev–Trinajstić information content (AvgIpc) is 2.72. The summed E-state index contributed by atoms with van der Waals surface area (Å²) in [4.78, 5) is 9.28. The van der Waals surface area contributed by atoms with E-state index in [-0.39, 0.29) is 4.75 Å². The molecule has 0 aromatic carbocycles. The minimum atomic E-state index is 0.261. The van der Waals surface area contributed by atoms with Crippen LogP contribution in [0.2, 0.25) is 0 Å². The van der Waals surface area contributed by atoms with Gasteiger partial charge >= 0.3 is 0 Å². The van der Waals surface area contributed by atoms with Gasteiger partial charge in [-0.15, -0.1) is 11.8 Å². The predicted octanol–water partition coefficient (Wildman–Crippen LogP) is 3.30. The van der Waals surface area contributed by atoms with Gasteiger partial charge in [-0.25, -0.2) is 9.97 Å². The Morgan fingerprint density at radius 3 is 2.71 bits per heavy atom. The molecule has 1 aromatic heterocycles. The molecule has 1 aliphatic heterocycles. The first kappa shape index (κ1) is 13.0. The molecular weight excluding hydrogens is 250 g/mol. The number of anilines is 1. The van der Waals surface area contributed by atoms with Crippen molar-refractivity contribution in [2.45, 2.75) is 42.8 Å². The lowest BCUT2D eigenvalue weighted by molar-refractivity contribution is 0.799. The van der Waals surface area contributed by atoms with Gasteiger partial charge in [-0.3, -0.25) is 0 Å². The summed E-state index contributed by atoms with van der Waals surface area (Å²) in [6.45, 7) is 6.67. The highest BCUT2D eigenvalue weighted by Gasteiger charge is 2.20. The van der Waals surface area contributed by atoms with Crippen molar-refractivity contribution in [3.05, 3.63) is 17.1 Å². The van der Waals surface area contributed by atoms with E-state index in [2.05, 4.69) is 36.1 Å². The molecule has 0 unspecified atom stereocenters. The third-order valence-corrected chi connectivity index (χ3v) is 4.73. The van der Waals surface area contributed by atoms with Gasteiger partial charge in [-0.1, -0.05) is 20.8 Å². The number of hydrogen-bond acceptors (Lipinski definition) is 5. The SMILES string of the molecule is CNc1nc(CSC(C)(C)C)nc2c1CSC2. The molecule has 0 bridgehead atoms. The lowest BCUT2D eigenvalue weighted by Gasteiger charge is -2.17. The summed E-state index contributed by atoms with van der Waals surface area (Å²) in [5, 5.41) is 3.19. The fourth-order valence-corrected chi connectivity index (χ4v) is 3.39. The summed E-state index contributed by atoms with van der Waals surface area (Å²) in [6, 6.07) is 0. The Labute approximate surface area is 112 Å². The van der Waals surface area contributed by atoms with E-state index < -0.39 is 0 Å². The van der Waals surface area contributed by atoms with Crippen LogP contribution >= 0.6 is 23.5 Å². The molecule has 0 radical (unpaired) electrons. The van der Waals surface area contributed by atoms with E-state index in [0.717, 1.165) is 28.9 Å². The highest BCUT2D eigenvalue weighted by Crippen LogP contribution is 2.34. The molecule has 2 heterocycles. The lowest BCUT2D eigenvalue weighted by Crippen LogP contribution is -2.10. The summed E-state index contributed by atoms with van der Waals surface area (Å²) < 4.78 is 0.261. The average molecular weight is 269 g/mol. The zero-order valence-corrected chi connectivity index (χ0v) is 12.5. The van der Waals surface area contributed by atoms with Crippen molar-refractivity contribution >= 4 is 29.3 Å². The predicted molar refractivity (Wildman–Crippen MR) is 77.6 cm³/mol. The number of nitrogens with zero attached hydrogens (tertiary/aromatic N) is 2. The van der Waals surface area contributed by atoms with Crippen LogP contribution in [0, 0.1) is 0 Å².